The van der Waals surface area contributed by atoms with E-state index in [1.165, 1.54) is 29.1 Å². The number of hydrogen-bond acceptors (Lipinski definition) is 5. The number of nitrogen functional groups attached to an aromatic ring is 1. The van der Waals surface area contributed by atoms with Crippen LogP contribution >= 0.6 is 11.6 Å². The van der Waals surface area contributed by atoms with Crippen LogP contribution in [0.5, 0.6) is 0 Å². The summed E-state index contributed by atoms with van der Waals surface area (Å²) in [5.74, 6) is -0.125. The van der Waals surface area contributed by atoms with E-state index in [2.05, 4.69) is 9.82 Å². The first-order valence-electron chi connectivity index (χ1n) is 5.35. The number of nitriles is 1. The van der Waals surface area contributed by atoms with Gasteiger partial charge in [-0.3, -0.25) is 9.40 Å². The van der Waals surface area contributed by atoms with Gasteiger partial charge in [-0.05, 0) is 18.2 Å². The highest BCUT2D eigenvalue weighted by Gasteiger charge is 2.22. The fourth-order valence-electron chi connectivity index (χ4n) is 1.59. The second kappa shape index (κ2) is 5.03. The molecule has 0 aliphatic carbocycles. The van der Waals surface area contributed by atoms with E-state index in [9.17, 15) is 8.42 Å². The molecule has 1 aromatic carbocycles. The Bertz CT molecular complexity index is 807. The van der Waals surface area contributed by atoms with E-state index in [4.69, 9.17) is 22.6 Å². The van der Waals surface area contributed by atoms with Crippen LogP contribution in [0.25, 0.3) is 0 Å². The molecule has 1 aromatic heterocycles. The van der Waals surface area contributed by atoms with Crippen LogP contribution in [0, 0.1) is 11.3 Å². The minimum Gasteiger partial charge on any atom is -0.381 e. The van der Waals surface area contributed by atoms with Crippen molar-refractivity contribution in [3.8, 4) is 6.07 Å². The van der Waals surface area contributed by atoms with Crippen molar-refractivity contribution in [3.63, 3.8) is 0 Å². The first-order valence-corrected chi connectivity index (χ1v) is 7.21. The third-order valence-electron chi connectivity index (χ3n) is 2.46. The molecule has 1 heterocycles. The van der Waals surface area contributed by atoms with Crippen LogP contribution in [0.3, 0.4) is 0 Å². The smallest absolute Gasteiger partial charge is 0.267 e. The van der Waals surface area contributed by atoms with Gasteiger partial charge in [0.1, 0.15) is 11.0 Å². The Balaban J connectivity index is 2.46. The molecule has 104 valence electrons. The largest absolute Gasteiger partial charge is 0.381 e. The lowest BCUT2D eigenvalue weighted by molar-refractivity contribution is 0.601. The second-order valence-electron chi connectivity index (χ2n) is 3.96. The van der Waals surface area contributed by atoms with Gasteiger partial charge in [-0.25, -0.2) is 8.42 Å². The molecule has 0 aliphatic heterocycles. The zero-order valence-electron chi connectivity index (χ0n) is 10.3. The lowest BCUT2D eigenvalue weighted by Gasteiger charge is -2.08. The molecule has 20 heavy (non-hydrogen) atoms. The quantitative estimate of drug-likeness (QED) is 0.887. The van der Waals surface area contributed by atoms with Crippen LogP contribution in [0.15, 0.2) is 29.3 Å². The zero-order valence-corrected chi connectivity index (χ0v) is 11.9. The molecular formula is C11H10ClN5O2S. The van der Waals surface area contributed by atoms with Crippen LogP contribution in [0.4, 0.5) is 11.5 Å². The molecule has 0 saturated heterocycles. The monoisotopic (exact) mass is 311 g/mol. The lowest BCUT2D eigenvalue weighted by atomic mass is 10.2. The number of nitrogens with zero attached hydrogens (tertiary/aromatic N) is 3. The van der Waals surface area contributed by atoms with Gasteiger partial charge < -0.3 is 5.73 Å². The number of rotatable bonds is 3. The summed E-state index contributed by atoms with van der Waals surface area (Å²) in [4.78, 5) is -0.163. The predicted octanol–water partition coefficient (Wildman–Crippen LogP) is 1.33. The molecule has 0 amide bonds. The number of nitrogens with one attached hydrogen (secondary N) is 1. The first kappa shape index (κ1) is 14.2. The summed E-state index contributed by atoms with van der Waals surface area (Å²) in [5.41, 5.74) is 5.78. The van der Waals surface area contributed by atoms with E-state index in [0.29, 0.717) is 5.02 Å². The molecule has 7 nitrogen and oxygen atoms in total. The van der Waals surface area contributed by atoms with Gasteiger partial charge in [0, 0.05) is 18.3 Å². The minimum absolute atomic E-state index is 0.0863. The lowest BCUT2D eigenvalue weighted by Crippen LogP contribution is -2.14. The maximum Gasteiger partial charge on any atom is 0.267 e. The summed E-state index contributed by atoms with van der Waals surface area (Å²) in [6.45, 7) is 0. The summed E-state index contributed by atoms with van der Waals surface area (Å²) in [6.07, 6.45) is 1.27. The Hall–Kier alpha value is -2.24. The van der Waals surface area contributed by atoms with E-state index in [1.807, 2.05) is 6.07 Å². The van der Waals surface area contributed by atoms with E-state index in [-0.39, 0.29) is 22.0 Å². The van der Waals surface area contributed by atoms with Crippen LogP contribution < -0.4 is 10.5 Å². The normalized spacial score (nSPS) is 11.1. The molecule has 0 unspecified atom stereocenters. The summed E-state index contributed by atoms with van der Waals surface area (Å²) in [7, 11) is -2.39. The van der Waals surface area contributed by atoms with Crippen LogP contribution in [-0.4, -0.2) is 18.2 Å². The van der Waals surface area contributed by atoms with Crippen molar-refractivity contribution >= 4 is 33.1 Å². The molecule has 9 heteroatoms. The molecular weight excluding hydrogens is 302 g/mol. The van der Waals surface area contributed by atoms with Gasteiger partial charge in [-0.1, -0.05) is 11.6 Å². The molecule has 0 fully saturated rings. The molecule has 0 spiro atoms. The summed E-state index contributed by atoms with van der Waals surface area (Å²) < 4.78 is 28.0. The van der Waals surface area contributed by atoms with Crippen molar-refractivity contribution in [3.05, 3.63) is 35.0 Å². The number of hydrogen-bond donors (Lipinski definition) is 2. The average molecular weight is 312 g/mol. The summed E-state index contributed by atoms with van der Waals surface area (Å²) in [5, 5.41) is 13.0. The van der Waals surface area contributed by atoms with E-state index in [0.717, 1.165) is 0 Å². The SMILES string of the molecule is Cn1cc(S(=O)(=O)Nc2cc(Cl)ccc2C#N)c(N)n1. The Morgan fingerprint density at radius 2 is 2.20 bits per heavy atom. The van der Waals surface area contributed by atoms with Crippen LogP contribution in [0.1, 0.15) is 5.56 Å². The fraction of sp³-hybridized carbons (Fsp3) is 0.0909. The van der Waals surface area contributed by atoms with Crippen molar-refractivity contribution in [1.29, 1.82) is 5.26 Å². The van der Waals surface area contributed by atoms with Gasteiger partial charge in [-0.2, -0.15) is 10.4 Å². The molecule has 0 aliphatic rings. The van der Waals surface area contributed by atoms with Crippen molar-refractivity contribution in [2.75, 3.05) is 10.5 Å². The Kier molecular flexibility index (Phi) is 3.57. The van der Waals surface area contributed by atoms with Gasteiger partial charge in [0.15, 0.2) is 5.82 Å². The number of anilines is 2. The fourth-order valence-corrected chi connectivity index (χ4v) is 2.94. The highest BCUT2D eigenvalue weighted by atomic mass is 35.5. The minimum atomic E-state index is -3.94. The molecule has 3 N–H and O–H groups in total. The molecule has 0 bridgehead atoms. The Morgan fingerprint density at radius 3 is 2.75 bits per heavy atom. The number of sulfonamides is 1. The zero-order chi connectivity index (χ0) is 14.9. The molecule has 2 aromatic rings. The number of benzene rings is 1. The summed E-state index contributed by atoms with van der Waals surface area (Å²) >= 11 is 5.80. The van der Waals surface area contributed by atoms with Crippen molar-refractivity contribution in [2.45, 2.75) is 4.90 Å². The van der Waals surface area contributed by atoms with Gasteiger partial charge >= 0.3 is 0 Å². The Labute approximate surface area is 120 Å². The topological polar surface area (TPSA) is 114 Å². The number of nitrogens with two attached hydrogens (primary N) is 1. The van der Waals surface area contributed by atoms with E-state index in [1.54, 1.807) is 7.05 Å². The first-order chi connectivity index (χ1) is 9.33. The highest BCUT2D eigenvalue weighted by molar-refractivity contribution is 7.92. The molecule has 0 radical (unpaired) electrons. The van der Waals surface area contributed by atoms with Gasteiger partial charge in [0.2, 0.25) is 0 Å². The van der Waals surface area contributed by atoms with Crippen molar-refractivity contribution in [2.24, 2.45) is 7.05 Å². The maximum atomic E-state index is 12.2. The van der Waals surface area contributed by atoms with Crippen molar-refractivity contribution in [1.82, 2.24) is 9.78 Å². The summed E-state index contributed by atoms with van der Waals surface area (Å²) in [6, 6.07) is 6.15. The van der Waals surface area contributed by atoms with Crippen LogP contribution in [0.2, 0.25) is 5.02 Å². The van der Waals surface area contributed by atoms with E-state index >= 15 is 0 Å². The number of aryl methyl sites for hydroxylation is 1. The van der Waals surface area contributed by atoms with Gasteiger partial charge in [0.25, 0.3) is 10.0 Å². The highest BCUT2D eigenvalue weighted by Crippen LogP contribution is 2.25. The van der Waals surface area contributed by atoms with Gasteiger partial charge in [-0.15, -0.1) is 0 Å². The van der Waals surface area contributed by atoms with Gasteiger partial charge in [0.05, 0.1) is 11.3 Å². The third-order valence-corrected chi connectivity index (χ3v) is 4.08. The standard InChI is InChI=1S/C11H10ClN5O2S/c1-17-6-10(11(14)15-17)20(18,19)16-9-4-8(12)3-2-7(9)5-13/h2-4,6,16H,1H3,(H2,14,15). The predicted molar refractivity (Wildman–Crippen MR) is 74.6 cm³/mol. The molecule has 0 saturated carbocycles. The number of aromatic nitrogens is 2. The molecule has 2 rings (SSSR count). The maximum absolute atomic E-state index is 12.2. The second-order valence-corrected chi connectivity index (χ2v) is 6.05. The van der Waals surface area contributed by atoms with Crippen molar-refractivity contribution < 1.29 is 8.42 Å². The molecule has 0 atom stereocenters. The Morgan fingerprint density at radius 1 is 1.50 bits per heavy atom. The third kappa shape index (κ3) is 2.68. The van der Waals surface area contributed by atoms with E-state index < -0.39 is 10.0 Å². The number of halogens is 1. The van der Waals surface area contributed by atoms with Crippen LogP contribution in [-0.2, 0) is 17.1 Å². The average Bonchev–Trinajstić information content (AvgIpc) is 2.69.